The van der Waals surface area contributed by atoms with E-state index in [0.717, 1.165) is 32.1 Å². The fourth-order valence-corrected chi connectivity index (χ4v) is 5.43. The first-order valence-corrected chi connectivity index (χ1v) is 8.85. The van der Waals surface area contributed by atoms with Gasteiger partial charge in [-0.2, -0.15) is 0 Å². The van der Waals surface area contributed by atoms with E-state index in [1.54, 1.807) is 25.1 Å². The molecule has 3 nitrogen and oxygen atoms in total. The second kappa shape index (κ2) is 5.08. The molecule has 0 atom stereocenters. The van der Waals surface area contributed by atoms with Crippen LogP contribution in [0.5, 0.6) is 0 Å². The second-order valence-corrected chi connectivity index (χ2v) is 8.03. The van der Waals surface area contributed by atoms with Crippen LogP contribution in [0.4, 0.5) is 0 Å². The summed E-state index contributed by atoms with van der Waals surface area (Å²) in [6.45, 7) is 1.71. The Bertz CT molecular complexity index is 740. The van der Waals surface area contributed by atoms with E-state index >= 15 is 0 Å². The van der Waals surface area contributed by atoms with Crippen molar-refractivity contribution in [2.24, 2.45) is 0 Å². The Kier molecular flexibility index (Phi) is 3.55. The molecule has 0 N–H and O–H groups in total. The fourth-order valence-electron chi connectivity index (χ4n) is 3.07. The second-order valence-electron chi connectivity index (χ2n) is 5.43. The minimum absolute atomic E-state index is 0.283. The molecule has 0 spiro atoms. The highest BCUT2D eigenvalue weighted by atomic mass is 35.5. The Morgan fingerprint density at radius 2 is 1.90 bits per heavy atom. The molecule has 0 saturated heterocycles. The van der Waals surface area contributed by atoms with Gasteiger partial charge in [0.15, 0.2) is 9.84 Å². The molecule has 0 unspecified atom stereocenters. The van der Waals surface area contributed by atoms with Gasteiger partial charge in [-0.05, 0) is 38.0 Å². The topological polar surface area (TPSA) is 47.3 Å². The zero-order valence-corrected chi connectivity index (χ0v) is 12.9. The molecule has 3 rings (SSSR count). The van der Waals surface area contributed by atoms with Crippen molar-refractivity contribution in [2.45, 2.75) is 49.2 Å². The number of rotatable bonds is 2. The molecule has 0 aliphatic heterocycles. The molecule has 2 aromatic rings. The van der Waals surface area contributed by atoms with E-state index in [0.29, 0.717) is 26.6 Å². The van der Waals surface area contributed by atoms with E-state index < -0.39 is 9.84 Å². The normalized spacial score (nSPS) is 17.7. The third-order valence-corrected chi connectivity index (χ3v) is 6.71. The minimum Gasteiger partial charge on any atom is -0.460 e. The Labute approximate surface area is 123 Å². The van der Waals surface area contributed by atoms with E-state index in [9.17, 15) is 8.42 Å². The summed E-state index contributed by atoms with van der Waals surface area (Å²) in [5, 5.41) is 0.855. The lowest BCUT2D eigenvalue weighted by Gasteiger charge is -2.21. The SMILES string of the molecule is Cc1oc2ccc(Cl)cc2c1S(=O)(=O)C1CCCCC1. The summed E-state index contributed by atoms with van der Waals surface area (Å²) >= 11 is 6.00. The Morgan fingerprint density at radius 1 is 1.20 bits per heavy atom. The van der Waals surface area contributed by atoms with Crippen LogP contribution in [0.3, 0.4) is 0 Å². The molecule has 0 radical (unpaired) electrons. The van der Waals surface area contributed by atoms with Gasteiger partial charge >= 0.3 is 0 Å². The van der Waals surface area contributed by atoms with Gasteiger partial charge in [0.25, 0.3) is 0 Å². The number of furan rings is 1. The van der Waals surface area contributed by atoms with Gasteiger partial charge in [-0.15, -0.1) is 0 Å². The lowest BCUT2D eigenvalue weighted by atomic mass is 10.0. The smallest absolute Gasteiger partial charge is 0.185 e. The fraction of sp³-hybridized carbons (Fsp3) is 0.467. The molecule has 1 fully saturated rings. The molecule has 1 heterocycles. The number of aryl methyl sites for hydroxylation is 1. The molecule has 0 amide bonds. The number of hydrogen-bond donors (Lipinski definition) is 0. The Hall–Kier alpha value is -1.00. The standard InChI is InChI=1S/C15H17ClO3S/c1-10-15(13-9-11(16)7-8-14(13)19-10)20(17,18)12-5-3-2-4-6-12/h7-9,12H,2-6H2,1H3. The van der Waals surface area contributed by atoms with Gasteiger partial charge in [0, 0.05) is 10.4 Å². The van der Waals surface area contributed by atoms with E-state index in [2.05, 4.69) is 0 Å². The van der Waals surface area contributed by atoms with Crippen molar-refractivity contribution in [2.75, 3.05) is 0 Å². The van der Waals surface area contributed by atoms with Crippen LogP contribution >= 0.6 is 11.6 Å². The number of halogens is 1. The van der Waals surface area contributed by atoms with Crippen molar-refractivity contribution >= 4 is 32.4 Å². The van der Waals surface area contributed by atoms with Crippen molar-refractivity contribution in [3.8, 4) is 0 Å². The summed E-state index contributed by atoms with van der Waals surface area (Å²) in [5.74, 6) is 0.466. The van der Waals surface area contributed by atoms with Gasteiger partial charge in [0.05, 0.1) is 5.25 Å². The number of fused-ring (bicyclic) bond motifs is 1. The molecule has 1 saturated carbocycles. The van der Waals surface area contributed by atoms with Crippen molar-refractivity contribution in [3.63, 3.8) is 0 Å². The average Bonchev–Trinajstić information content (AvgIpc) is 2.75. The van der Waals surface area contributed by atoms with E-state index in [-0.39, 0.29) is 5.25 Å². The lowest BCUT2D eigenvalue weighted by Crippen LogP contribution is -2.24. The summed E-state index contributed by atoms with van der Waals surface area (Å²) in [6, 6.07) is 5.12. The van der Waals surface area contributed by atoms with E-state index in [1.807, 2.05) is 0 Å². The highest BCUT2D eigenvalue weighted by molar-refractivity contribution is 7.92. The van der Waals surface area contributed by atoms with Crippen LogP contribution in [0.15, 0.2) is 27.5 Å². The molecule has 1 aromatic heterocycles. The molecular weight excluding hydrogens is 296 g/mol. The van der Waals surface area contributed by atoms with Crippen LogP contribution in [-0.2, 0) is 9.84 Å². The van der Waals surface area contributed by atoms with E-state index in [1.165, 1.54) is 0 Å². The molecule has 0 bridgehead atoms. The maximum absolute atomic E-state index is 12.9. The quantitative estimate of drug-likeness (QED) is 0.820. The maximum Gasteiger partial charge on any atom is 0.185 e. The van der Waals surface area contributed by atoms with Crippen LogP contribution in [-0.4, -0.2) is 13.7 Å². The van der Waals surface area contributed by atoms with Crippen LogP contribution in [0.25, 0.3) is 11.0 Å². The van der Waals surface area contributed by atoms with Gasteiger partial charge in [-0.25, -0.2) is 8.42 Å². The van der Waals surface area contributed by atoms with Gasteiger partial charge < -0.3 is 4.42 Å². The van der Waals surface area contributed by atoms with Crippen LogP contribution < -0.4 is 0 Å². The summed E-state index contributed by atoms with van der Waals surface area (Å²) < 4.78 is 31.4. The lowest BCUT2D eigenvalue weighted by molar-refractivity contribution is 0.481. The highest BCUT2D eigenvalue weighted by Crippen LogP contribution is 2.36. The molecule has 1 aliphatic rings. The van der Waals surface area contributed by atoms with Gasteiger partial charge in [-0.1, -0.05) is 30.9 Å². The van der Waals surface area contributed by atoms with E-state index in [4.69, 9.17) is 16.0 Å². The van der Waals surface area contributed by atoms with Crippen molar-refractivity contribution in [1.29, 1.82) is 0 Å². The largest absolute Gasteiger partial charge is 0.460 e. The average molecular weight is 313 g/mol. The summed E-state index contributed by atoms with van der Waals surface area (Å²) in [4.78, 5) is 0.335. The van der Waals surface area contributed by atoms with Gasteiger partial charge in [0.2, 0.25) is 0 Å². The minimum atomic E-state index is -3.35. The third-order valence-electron chi connectivity index (χ3n) is 4.04. The molecular formula is C15H17ClO3S. The van der Waals surface area contributed by atoms with Crippen LogP contribution in [0.2, 0.25) is 5.02 Å². The first kappa shape index (κ1) is 14.0. The zero-order chi connectivity index (χ0) is 14.3. The van der Waals surface area contributed by atoms with Crippen LogP contribution in [0, 0.1) is 6.92 Å². The summed E-state index contributed by atoms with van der Waals surface area (Å²) in [7, 11) is -3.35. The van der Waals surface area contributed by atoms with Crippen molar-refractivity contribution in [1.82, 2.24) is 0 Å². The number of benzene rings is 1. The number of sulfone groups is 1. The Morgan fingerprint density at radius 3 is 2.60 bits per heavy atom. The van der Waals surface area contributed by atoms with Gasteiger partial charge in [-0.3, -0.25) is 0 Å². The van der Waals surface area contributed by atoms with Crippen molar-refractivity contribution < 1.29 is 12.8 Å². The first-order valence-electron chi connectivity index (χ1n) is 6.92. The first-order chi connectivity index (χ1) is 9.50. The highest BCUT2D eigenvalue weighted by Gasteiger charge is 2.33. The summed E-state index contributed by atoms with van der Waals surface area (Å²) in [6.07, 6.45) is 4.59. The third kappa shape index (κ3) is 2.25. The summed E-state index contributed by atoms with van der Waals surface area (Å²) in [5.41, 5.74) is 0.585. The Balaban J connectivity index is 2.17. The molecule has 1 aromatic carbocycles. The predicted molar refractivity (Wildman–Crippen MR) is 80.0 cm³/mol. The number of hydrogen-bond acceptors (Lipinski definition) is 3. The molecule has 5 heteroatoms. The maximum atomic E-state index is 12.9. The van der Waals surface area contributed by atoms with Crippen molar-refractivity contribution in [3.05, 3.63) is 29.0 Å². The zero-order valence-electron chi connectivity index (χ0n) is 11.4. The van der Waals surface area contributed by atoms with Gasteiger partial charge in [0.1, 0.15) is 16.2 Å². The molecule has 20 heavy (non-hydrogen) atoms. The van der Waals surface area contributed by atoms with Crippen LogP contribution in [0.1, 0.15) is 37.9 Å². The molecule has 108 valence electrons. The monoisotopic (exact) mass is 312 g/mol. The predicted octanol–water partition coefficient (Wildman–Crippen LogP) is 4.50. The molecule has 1 aliphatic carbocycles.